The van der Waals surface area contributed by atoms with Crippen LogP contribution in [0.1, 0.15) is 23.6 Å². The Balaban J connectivity index is 1.85. The third-order valence-corrected chi connectivity index (χ3v) is 5.44. The molecule has 5 heteroatoms. The maximum atomic E-state index is 6.38. The van der Waals surface area contributed by atoms with E-state index in [2.05, 4.69) is 39.5 Å². The van der Waals surface area contributed by atoms with Crippen LogP contribution in [-0.4, -0.2) is 43.2 Å². The van der Waals surface area contributed by atoms with Gasteiger partial charge in [0.1, 0.15) is 5.75 Å². The molecule has 1 aromatic heterocycles. The van der Waals surface area contributed by atoms with Gasteiger partial charge in [-0.1, -0.05) is 23.7 Å². The predicted molar refractivity (Wildman–Crippen MR) is 111 cm³/mol. The number of nitrogens with one attached hydrogen (secondary N) is 1. The number of benzene rings is 2. The van der Waals surface area contributed by atoms with Crippen LogP contribution in [0.25, 0.3) is 10.8 Å². The summed E-state index contributed by atoms with van der Waals surface area (Å²) in [4.78, 5) is 6.75. The van der Waals surface area contributed by atoms with Crippen molar-refractivity contribution >= 4 is 22.4 Å². The summed E-state index contributed by atoms with van der Waals surface area (Å²) in [7, 11) is 1.72. The van der Waals surface area contributed by atoms with E-state index in [-0.39, 0.29) is 6.04 Å². The van der Waals surface area contributed by atoms with E-state index in [0.717, 1.165) is 54.3 Å². The molecule has 1 aliphatic rings. The largest absolute Gasteiger partial charge is 0.496 e. The fraction of sp³-hybridized carbons (Fsp3) is 0.318. The Bertz CT molecular complexity index is 922. The minimum Gasteiger partial charge on any atom is -0.496 e. The average Bonchev–Trinajstić information content (AvgIpc) is 2.98. The van der Waals surface area contributed by atoms with E-state index in [4.69, 9.17) is 16.3 Å². The number of hydrogen-bond acceptors (Lipinski definition) is 4. The van der Waals surface area contributed by atoms with Crippen molar-refractivity contribution in [1.29, 1.82) is 0 Å². The van der Waals surface area contributed by atoms with E-state index in [1.165, 1.54) is 10.9 Å². The Labute approximate surface area is 165 Å². The molecule has 0 spiro atoms. The topological polar surface area (TPSA) is 37.4 Å². The second-order valence-corrected chi connectivity index (χ2v) is 7.35. The Hall–Kier alpha value is -2.14. The number of rotatable bonds is 4. The van der Waals surface area contributed by atoms with Crippen LogP contribution in [0.3, 0.4) is 0 Å². The second-order valence-electron chi connectivity index (χ2n) is 6.91. The molecule has 140 valence electrons. The van der Waals surface area contributed by atoms with Gasteiger partial charge in [0.25, 0.3) is 0 Å². The summed E-state index contributed by atoms with van der Waals surface area (Å²) >= 11 is 6.38. The smallest absolute Gasteiger partial charge is 0.124 e. The van der Waals surface area contributed by atoms with Crippen LogP contribution < -0.4 is 10.1 Å². The van der Waals surface area contributed by atoms with Gasteiger partial charge in [-0.15, -0.1) is 0 Å². The highest BCUT2D eigenvalue weighted by Crippen LogP contribution is 2.37. The van der Waals surface area contributed by atoms with Gasteiger partial charge in [0, 0.05) is 48.0 Å². The molecule has 0 radical (unpaired) electrons. The fourth-order valence-electron chi connectivity index (χ4n) is 3.90. The summed E-state index contributed by atoms with van der Waals surface area (Å²) in [5.41, 5.74) is 2.36. The molecular weight excluding hydrogens is 358 g/mol. The third-order valence-electron chi connectivity index (χ3n) is 5.21. The lowest BCUT2D eigenvalue weighted by molar-refractivity contribution is 0.236. The molecule has 1 saturated heterocycles. The first kappa shape index (κ1) is 18.2. The van der Waals surface area contributed by atoms with Gasteiger partial charge in [0.05, 0.1) is 13.2 Å². The fourth-order valence-corrected chi connectivity index (χ4v) is 4.08. The molecule has 0 saturated carbocycles. The second kappa shape index (κ2) is 8.26. The molecule has 0 amide bonds. The number of aromatic nitrogens is 1. The number of hydrogen-bond donors (Lipinski definition) is 1. The van der Waals surface area contributed by atoms with E-state index < -0.39 is 0 Å². The van der Waals surface area contributed by atoms with Crippen molar-refractivity contribution in [3.8, 4) is 5.75 Å². The van der Waals surface area contributed by atoms with Crippen molar-refractivity contribution in [2.75, 3.05) is 33.3 Å². The molecule has 1 fully saturated rings. The zero-order valence-corrected chi connectivity index (χ0v) is 16.2. The number of methoxy groups -OCH3 is 1. The standard InChI is InChI=1S/C22H24ClN3O/c1-27-21-6-5-19(23)14-20(21)22(26-11-2-8-24-10-12-26)17-3-4-18-15-25-9-7-16(18)13-17/h3-7,9,13-15,22,24H,2,8,10-12H2,1H3. The minimum atomic E-state index is 0.0936. The number of pyridine rings is 1. The monoisotopic (exact) mass is 381 g/mol. The van der Waals surface area contributed by atoms with Crippen molar-refractivity contribution < 1.29 is 4.74 Å². The van der Waals surface area contributed by atoms with E-state index in [0.29, 0.717) is 0 Å². The van der Waals surface area contributed by atoms with Gasteiger partial charge in [0.15, 0.2) is 0 Å². The van der Waals surface area contributed by atoms with Gasteiger partial charge >= 0.3 is 0 Å². The van der Waals surface area contributed by atoms with Crippen LogP contribution >= 0.6 is 11.6 Å². The normalized spacial score (nSPS) is 16.8. The number of nitrogens with zero attached hydrogens (tertiary/aromatic N) is 2. The van der Waals surface area contributed by atoms with Gasteiger partial charge in [-0.25, -0.2) is 0 Å². The average molecular weight is 382 g/mol. The van der Waals surface area contributed by atoms with E-state index in [1.54, 1.807) is 7.11 Å². The van der Waals surface area contributed by atoms with Gasteiger partial charge in [-0.3, -0.25) is 9.88 Å². The summed E-state index contributed by atoms with van der Waals surface area (Å²) in [5, 5.41) is 6.57. The molecule has 4 nitrogen and oxygen atoms in total. The first-order valence-electron chi connectivity index (χ1n) is 9.38. The summed E-state index contributed by atoms with van der Waals surface area (Å²) in [6.45, 7) is 4.05. The minimum absolute atomic E-state index is 0.0936. The van der Waals surface area contributed by atoms with Gasteiger partial charge in [0.2, 0.25) is 0 Å². The first-order chi connectivity index (χ1) is 13.3. The summed E-state index contributed by atoms with van der Waals surface area (Å²) in [5.74, 6) is 0.872. The lowest BCUT2D eigenvalue weighted by Crippen LogP contribution is -2.33. The maximum absolute atomic E-state index is 6.38. The van der Waals surface area contributed by atoms with Crippen molar-refractivity contribution in [1.82, 2.24) is 15.2 Å². The zero-order valence-electron chi connectivity index (χ0n) is 15.5. The van der Waals surface area contributed by atoms with Gasteiger partial charge < -0.3 is 10.1 Å². The molecule has 27 heavy (non-hydrogen) atoms. The number of halogens is 1. The Morgan fingerprint density at radius 2 is 2.00 bits per heavy atom. The highest BCUT2D eigenvalue weighted by atomic mass is 35.5. The number of fused-ring (bicyclic) bond motifs is 1. The Morgan fingerprint density at radius 3 is 2.89 bits per heavy atom. The van der Waals surface area contributed by atoms with Gasteiger partial charge in [-0.05, 0) is 54.2 Å². The molecule has 2 aromatic carbocycles. The highest BCUT2D eigenvalue weighted by Gasteiger charge is 2.26. The van der Waals surface area contributed by atoms with Crippen molar-refractivity contribution in [2.24, 2.45) is 0 Å². The molecule has 1 N–H and O–H groups in total. The Morgan fingerprint density at radius 1 is 1.07 bits per heavy atom. The van der Waals surface area contributed by atoms with Crippen LogP contribution in [0.15, 0.2) is 54.9 Å². The lowest BCUT2D eigenvalue weighted by Gasteiger charge is -2.32. The summed E-state index contributed by atoms with van der Waals surface area (Å²) < 4.78 is 5.70. The Kier molecular flexibility index (Phi) is 5.58. The van der Waals surface area contributed by atoms with Crippen LogP contribution in [0.2, 0.25) is 5.02 Å². The molecule has 1 atom stereocenters. The summed E-state index contributed by atoms with van der Waals surface area (Å²) in [6, 6.07) is 14.7. The first-order valence-corrected chi connectivity index (χ1v) is 9.76. The van der Waals surface area contributed by atoms with Crippen LogP contribution in [0, 0.1) is 0 Å². The lowest BCUT2D eigenvalue weighted by atomic mass is 9.94. The predicted octanol–water partition coefficient (Wildman–Crippen LogP) is 4.28. The molecule has 1 aliphatic heterocycles. The molecule has 3 aromatic rings. The number of ether oxygens (including phenoxy) is 1. The molecule has 4 rings (SSSR count). The molecular formula is C22H24ClN3O. The quantitative estimate of drug-likeness (QED) is 0.731. The van der Waals surface area contributed by atoms with Crippen molar-refractivity contribution in [2.45, 2.75) is 12.5 Å². The maximum Gasteiger partial charge on any atom is 0.124 e. The highest BCUT2D eigenvalue weighted by molar-refractivity contribution is 6.30. The van der Waals surface area contributed by atoms with E-state index >= 15 is 0 Å². The van der Waals surface area contributed by atoms with E-state index in [9.17, 15) is 0 Å². The van der Waals surface area contributed by atoms with Crippen LogP contribution in [0.4, 0.5) is 0 Å². The zero-order chi connectivity index (χ0) is 18.6. The molecule has 2 heterocycles. The van der Waals surface area contributed by atoms with Crippen molar-refractivity contribution in [3.63, 3.8) is 0 Å². The molecule has 0 aliphatic carbocycles. The third kappa shape index (κ3) is 3.93. The van der Waals surface area contributed by atoms with Crippen molar-refractivity contribution in [3.05, 3.63) is 71.0 Å². The molecule has 1 unspecified atom stereocenters. The SMILES string of the molecule is COc1ccc(Cl)cc1C(c1ccc2cnccc2c1)N1CCCNCC1. The van der Waals surface area contributed by atoms with E-state index in [1.807, 2.05) is 30.6 Å². The summed E-state index contributed by atoms with van der Waals surface area (Å²) in [6.07, 6.45) is 4.87. The van der Waals surface area contributed by atoms with Crippen LogP contribution in [-0.2, 0) is 0 Å². The van der Waals surface area contributed by atoms with Crippen LogP contribution in [0.5, 0.6) is 5.75 Å². The molecule has 0 bridgehead atoms. The van der Waals surface area contributed by atoms with Gasteiger partial charge in [-0.2, -0.15) is 0 Å².